The summed E-state index contributed by atoms with van der Waals surface area (Å²) in [7, 11) is 0. The maximum Gasteiger partial charge on any atom is 0.147 e. The topological polar surface area (TPSA) is 37.3 Å². The third-order valence-electron chi connectivity index (χ3n) is 1.98. The molecule has 0 unspecified atom stereocenters. The SMILES string of the molecule is Clc1ccc(C=NNc2cccc(Cl)n2)cc1. The van der Waals surface area contributed by atoms with E-state index in [0.29, 0.717) is 16.0 Å². The van der Waals surface area contributed by atoms with Crippen molar-refractivity contribution in [3.63, 3.8) is 0 Å². The monoisotopic (exact) mass is 265 g/mol. The maximum atomic E-state index is 5.77. The zero-order chi connectivity index (χ0) is 12.1. The Morgan fingerprint density at radius 3 is 2.53 bits per heavy atom. The second kappa shape index (κ2) is 5.66. The number of nitrogens with zero attached hydrogens (tertiary/aromatic N) is 2. The molecule has 0 atom stereocenters. The molecule has 0 saturated heterocycles. The molecule has 5 heteroatoms. The van der Waals surface area contributed by atoms with Crippen LogP contribution in [0.2, 0.25) is 10.2 Å². The third-order valence-corrected chi connectivity index (χ3v) is 2.44. The maximum absolute atomic E-state index is 5.77. The van der Waals surface area contributed by atoms with E-state index in [0.717, 1.165) is 5.56 Å². The van der Waals surface area contributed by atoms with Gasteiger partial charge >= 0.3 is 0 Å². The Kier molecular flexibility index (Phi) is 3.96. The first-order chi connectivity index (χ1) is 8.24. The first kappa shape index (κ1) is 11.9. The number of hydrazone groups is 1. The van der Waals surface area contributed by atoms with Gasteiger partial charge in [-0.1, -0.05) is 41.4 Å². The van der Waals surface area contributed by atoms with Crippen LogP contribution >= 0.6 is 23.2 Å². The smallest absolute Gasteiger partial charge is 0.147 e. The van der Waals surface area contributed by atoms with E-state index in [-0.39, 0.29) is 0 Å². The van der Waals surface area contributed by atoms with Crippen molar-refractivity contribution < 1.29 is 0 Å². The van der Waals surface area contributed by atoms with Crippen molar-refractivity contribution in [2.75, 3.05) is 5.43 Å². The summed E-state index contributed by atoms with van der Waals surface area (Å²) in [5.41, 5.74) is 3.74. The minimum Gasteiger partial charge on any atom is -0.261 e. The Labute approximate surface area is 109 Å². The number of hydrogen-bond acceptors (Lipinski definition) is 3. The van der Waals surface area contributed by atoms with E-state index in [2.05, 4.69) is 15.5 Å². The highest BCUT2D eigenvalue weighted by atomic mass is 35.5. The van der Waals surface area contributed by atoms with Crippen LogP contribution in [-0.2, 0) is 0 Å². The normalized spacial score (nSPS) is 10.7. The average molecular weight is 266 g/mol. The molecule has 0 aliphatic carbocycles. The standard InChI is InChI=1S/C12H9Cl2N3/c13-10-6-4-9(5-7-10)8-15-17-12-3-1-2-11(14)16-12/h1-8H,(H,16,17). The van der Waals surface area contributed by atoms with E-state index in [1.807, 2.05) is 12.1 Å². The van der Waals surface area contributed by atoms with Crippen LogP contribution in [0.15, 0.2) is 47.6 Å². The molecule has 1 heterocycles. The largest absolute Gasteiger partial charge is 0.261 e. The Morgan fingerprint density at radius 2 is 1.82 bits per heavy atom. The predicted molar refractivity (Wildman–Crippen MR) is 71.9 cm³/mol. The van der Waals surface area contributed by atoms with Crippen molar-refractivity contribution in [2.24, 2.45) is 5.10 Å². The van der Waals surface area contributed by atoms with Crippen molar-refractivity contribution >= 4 is 35.2 Å². The predicted octanol–water partition coefficient (Wildman–Crippen LogP) is 3.83. The summed E-state index contributed by atoms with van der Waals surface area (Å²) in [6.45, 7) is 0. The van der Waals surface area contributed by atoms with Crippen LogP contribution in [0, 0.1) is 0 Å². The van der Waals surface area contributed by atoms with Crippen molar-refractivity contribution in [1.29, 1.82) is 0 Å². The molecular formula is C12H9Cl2N3. The number of anilines is 1. The summed E-state index contributed by atoms with van der Waals surface area (Å²) in [6.07, 6.45) is 1.68. The highest BCUT2D eigenvalue weighted by molar-refractivity contribution is 6.30. The van der Waals surface area contributed by atoms with Gasteiger partial charge in [0.05, 0.1) is 6.21 Å². The van der Waals surface area contributed by atoms with Gasteiger partial charge in [0.2, 0.25) is 0 Å². The lowest BCUT2D eigenvalue weighted by atomic mass is 10.2. The van der Waals surface area contributed by atoms with E-state index in [1.54, 1.807) is 36.5 Å². The lowest BCUT2D eigenvalue weighted by molar-refractivity contribution is 1.23. The molecule has 0 aliphatic heterocycles. The molecule has 0 radical (unpaired) electrons. The molecule has 0 saturated carbocycles. The third kappa shape index (κ3) is 3.73. The van der Waals surface area contributed by atoms with Crippen LogP contribution in [0.1, 0.15) is 5.56 Å². The second-order valence-corrected chi connectivity index (χ2v) is 4.09. The van der Waals surface area contributed by atoms with Gasteiger partial charge in [-0.2, -0.15) is 5.10 Å². The Morgan fingerprint density at radius 1 is 1.06 bits per heavy atom. The fourth-order valence-electron chi connectivity index (χ4n) is 1.19. The minimum atomic E-state index is 0.427. The fourth-order valence-corrected chi connectivity index (χ4v) is 1.48. The Bertz CT molecular complexity index is 524. The van der Waals surface area contributed by atoms with Gasteiger partial charge in [-0.05, 0) is 29.8 Å². The van der Waals surface area contributed by atoms with E-state index >= 15 is 0 Å². The van der Waals surface area contributed by atoms with E-state index in [1.165, 1.54) is 0 Å². The number of aromatic nitrogens is 1. The fraction of sp³-hybridized carbons (Fsp3) is 0. The summed E-state index contributed by atoms with van der Waals surface area (Å²) in [6, 6.07) is 12.6. The van der Waals surface area contributed by atoms with E-state index in [9.17, 15) is 0 Å². The molecule has 3 nitrogen and oxygen atoms in total. The number of halogens is 2. The highest BCUT2D eigenvalue weighted by Crippen LogP contribution is 2.10. The van der Waals surface area contributed by atoms with Crippen LogP contribution in [0.3, 0.4) is 0 Å². The zero-order valence-corrected chi connectivity index (χ0v) is 10.3. The number of pyridine rings is 1. The number of benzene rings is 1. The molecule has 17 heavy (non-hydrogen) atoms. The van der Waals surface area contributed by atoms with Gasteiger partial charge in [-0.3, -0.25) is 5.43 Å². The van der Waals surface area contributed by atoms with Gasteiger partial charge in [-0.15, -0.1) is 0 Å². The highest BCUT2D eigenvalue weighted by Gasteiger charge is 1.92. The zero-order valence-electron chi connectivity index (χ0n) is 8.77. The summed E-state index contributed by atoms with van der Waals surface area (Å²) >= 11 is 11.5. The van der Waals surface area contributed by atoms with Crippen molar-refractivity contribution in [3.8, 4) is 0 Å². The molecule has 86 valence electrons. The minimum absolute atomic E-state index is 0.427. The van der Waals surface area contributed by atoms with Gasteiger partial charge in [-0.25, -0.2) is 4.98 Å². The molecule has 1 aromatic carbocycles. The lowest BCUT2D eigenvalue weighted by Gasteiger charge is -1.98. The molecule has 2 aromatic rings. The molecule has 0 bridgehead atoms. The van der Waals surface area contributed by atoms with Gasteiger partial charge < -0.3 is 0 Å². The van der Waals surface area contributed by atoms with Crippen LogP contribution in [0.25, 0.3) is 0 Å². The second-order valence-electron chi connectivity index (χ2n) is 3.27. The van der Waals surface area contributed by atoms with Crippen LogP contribution in [0.5, 0.6) is 0 Å². The van der Waals surface area contributed by atoms with Gasteiger partial charge in [0, 0.05) is 5.02 Å². The molecule has 0 amide bonds. The van der Waals surface area contributed by atoms with Crippen molar-refractivity contribution in [3.05, 3.63) is 58.2 Å². The van der Waals surface area contributed by atoms with Gasteiger partial charge in [0.25, 0.3) is 0 Å². The van der Waals surface area contributed by atoms with Crippen LogP contribution in [0.4, 0.5) is 5.82 Å². The molecule has 1 N–H and O–H groups in total. The van der Waals surface area contributed by atoms with Crippen LogP contribution < -0.4 is 5.43 Å². The first-order valence-corrected chi connectivity index (χ1v) is 5.67. The lowest BCUT2D eigenvalue weighted by Crippen LogP contribution is -1.93. The molecule has 1 aromatic heterocycles. The molecular weight excluding hydrogens is 257 g/mol. The average Bonchev–Trinajstić information content (AvgIpc) is 2.32. The van der Waals surface area contributed by atoms with E-state index < -0.39 is 0 Å². The Balaban J connectivity index is 2.00. The quantitative estimate of drug-likeness (QED) is 0.520. The van der Waals surface area contributed by atoms with Crippen LogP contribution in [-0.4, -0.2) is 11.2 Å². The molecule has 0 fully saturated rings. The van der Waals surface area contributed by atoms with Gasteiger partial charge in [0.15, 0.2) is 0 Å². The summed E-state index contributed by atoms with van der Waals surface area (Å²) in [4.78, 5) is 4.04. The molecule has 2 rings (SSSR count). The summed E-state index contributed by atoms with van der Waals surface area (Å²) in [5, 5.41) is 5.17. The van der Waals surface area contributed by atoms with Crippen molar-refractivity contribution in [1.82, 2.24) is 4.98 Å². The molecule has 0 spiro atoms. The first-order valence-electron chi connectivity index (χ1n) is 4.91. The van der Waals surface area contributed by atoms with Crippen molar-refractivity contribution in [2.45, 2.75) is 0 Å². The number of hydrogen-bond donors (Lipinski definition) is 1. The summed E-state index contributed by atoms with van der Waals surface area (Å²) < 4.78 is 0. The molecule has 0 aliphatic rings. The summed E-state index contributed by atoms with van der Waals surface area (Å²) in [5.74, 6) is 0.600. The number of rotatable bonds is 3. The van der Waals surface area contributed by atoms with E-state index in [4.69, 9.17) is 23.2 Å². The van der Waals surface area contributed by atoms with Gasteiger partial charge in [0.1, 0.15) is 11.0 Å². The Hall–Kier alpha value is -1.58. The number of nitrogens with one attached hydrogen (secondary N) is 1.